The average molecular weight is 657 g/mol. The molecule has 11 nitrogen and oxygen atoms in total. The summed E-state index contributed by atoms with van der Waals surface area (Å²) in [5.74, 6) is -0.390. The van der Waals surface area contributed by atoms with Gasteiger partial charge in [0.05, 0.1) is 49.8 Å². The Morgan fingerprint density at radius 1 is 0.979 bits per heavy atom. The number of piperazine rings is 1. The van der Waals surface area contributed by atoms with E-state index >= 15 is 4.39 Å². The van der Waals surface area contributed by atoms with E-state index in [9.17, 15) is 14.4 Å². The number of hydrogen-bond acceptors (Lipinski definition) is 9. The number of aromatic nitrogens is 2. The van der Waals surface area contributed by atoms with Crippen LogP contribution < -0.4 is 14.8 Å². The molecule has 6 rings (SSSR count). The van der Waals surface area contributed by atoms with Crippen molar-refractivity contribution in [1.82, 2.24) is 19.8 Å². The number of rotatable bonds is 8. The molecule has 1 aromatic heterocycles. The Kier molecular flexibility index (Phi) is 9.12. The molecule has 0 spiro atoms. The number of nitrogens with one attached hydrogen (secondary N) is 1. The summed E-state index contributed by atoms with van der Waals surface area (Å²) in [6, 6.07) is 15.3. The van der Waals surface area contributed by atoms with Gasteiger partial charge in [0.2, 0.25) is 11.9 Å². The maximum atomic E-state index is 15.4. The van der Waals surface area contributed by atoms with E-state index in [2.05, 4.69) is 10.3 Å². The molecule has 0 saturated carbocycles. The molecule has 1 fully saturated rings. The van der Waals surface area contributed by atoms with E-state index in [1.807, 2.05) is 6.07 Å². The first-order chi connectivity index (χ1) is 22.8. The Morgan fingerprint density at radius 2 is 1.74 bits per heavy atom. The summed E-state index contributed by atoms with van der Waals surface area (Å²) < 4.78 is 26.3. The van der Waals surface area contributed by atoms with Gasteiger partial charge in [-0.15, -0.1) is 0 Å². The van der Waals surface area contributed by atoms with Gasteiger partial charge in [-0.25, -0.2) is 14.4 Å². The van der Waals surface area contributed by atoms with Crippen LogP contribution in [0.1, 0.15) is 33.5 Å². The van der Waals surface area contributed by atoms with Crippen LogP contribution in [0.5, 0.6) is 11.5 Å². The van der Waals surface area contributed by atoms with Crippen LogP contribution in [0.3, 0.4) is 0 Å². The van der Waals surface area contributed by atoms with Crippen molar-refractivity contribution in [2.75, 3.05) is 45.7 Å². The van der Waals surface area contributed by atoms with Gasteiger partial charge in [-0.1, -0.05) is 29.8 Å². The average Bonchev–Trinajstić information content (AvgIpc) is 3.24. The first-order valence-electron chi connectivity index (χ1n) is 14.8. The van der Waals surface area contributed by atoms with Gasteiger partial charge in [0.25, 0.3) is 5.91 Å². The van der Waals surface area contributed by atoms with Crippen LogP contribution in [0, 0.1) is 5.82 Å². The van der Waals surface area contributed by atoms with Crippen LogP contribution in [-0.4, -0.2) is 84.0 Å². The van der Waals surface area contributed by atoms with Crippen molar-refractivity contribution >= 4 is 47.0 Å². The fraction of sp³-hybridized carbons (Fsp3) is 0.235. The Balaban J connectivity index is 1.30. The highest BCUT2D eigenvalue weighted by Crippen LogP contribution is 2.36. The number of aliphatic imine (C=N–C) groups is 1. The molecule has 2 aliphatic rings. The number of carbonyl (C=O) groups is 3. The molecule has 2 amide bonds. The van der Waals surface area contributed by atoms with E-state index in [1.54, 1.807) is 64.5 Å². The highest BCUT2D eigenvalue weighted by Gasteiger charge is 2.28. The van der Waals surface area contributed by atoms with Crippen LogP contribution in [0.25, 0.3) is 11.3 Å². The highest BCUT2D eigenvalue weighted by atomic mass is 35.5. The zero-order valence-corrected chi connectivity index (χ0v) is 26.4. The summed E-state index contributed by atoms with van der Waals surface area (Å²) in [5.41, 5.74) is 4.08. The quantitative estimate of drug-likeness (QED) is 0.209. The first kappa shape index (κ1) is 31.6. The van der Waals surface area contributed by atoms with E-state index in [-0.39, 0.29) is 42.0 Å². The fourth-order valence-electron chi connectivity index (χ4n) is 5.74. The summed E-state index contributed by atoms with van der Waals surface area (Å²) >= 11 is 6.42. The number of anilines is 2. The van der Waals surface area contributed by atoms with Gasteiger partial charge in [-0.3, -0.25) is 14.6 Å². The second-order valence-electron chi connectivity index (χ2n) is 10.8. The standard InChI is InChI=1S/C34H30ClFN6O5/c1-46-27-8-4-5-23(29(27)36)31-25-17-21(35)9-10-22(25)30-20(18-37-31)19-38-34(40-30)39-26-7-3-6-24(32(26)47-2)33(45)42-14-12-41(13-15-42)28(44)11-16-43/h3-10,16-17,19H,11-15,18H2,1-2H3,(H,38,39,40). The number of halogens is 2. The summed E-state index contributed by atoms with van der Waals surface area (Å²) in [6.45, 7) is 1.51. The molecule has 240 valence electrons. The van der Waals surface area contributed by atoms with E-state index in [1.165, 1.54) is 14.2 Å². The van der Waals surface area contributed by atoms with Gasteiger partial charge in [-0.05, 0) is 36.4 Å². The SMILES string of the molecule is COc1cccc(C2=NCc3cnc(Nc4cccc(C(=O)N5CCN(C(=O)CC=O)CC5)c4OC)nc3-c3ccc(Cl)cc32)c1F. The summed E-state index contributed by atoms with van der Waals surface area (Å²) in [4.78, 5) is 53.7. The molecular weight excluding hydrogens is 627 g/mol. The zero-order valence-electron chi connectivity index (χ0n) is 25.6. The van der Waals surface area contributed by atoms with Gasteiger partial charge in [-0.2, -0.15) is 0 Å². The van der Waals surface area contributed by atoms with Crippen molar-refractivity contribution in [3.8, 4) is 22.8 Å². The van der Waals surface area contributed by atoms with Crippen LogP contribution in [0.2, 0.25) is 5.02 Å². The minimum Gasteiger partial charge on any atom is -0.494 e. The van der Waals surface area contributed by atoms with Crippen molar-refractivity contribution in [1.29, 1.82) is 0 Å². The van der Waals surface area contributed by atoms with Crippen molar-refractivity contribution in [3.63, 3.8) is 0 Å². The highest BCUT2D eigenvalue weighted by molar-refractivity contribution is 6.31. The van der Waals surface area contributed by atoms with Crippen LogP contribution in [0.15, 0.2) is 65.8 Å². The third-order valence-electron chi connectivity index (χ3n) is 8.08. The molecule has 4 aromatic rings. The molecule has 1 saturated heterocycles. The van der Waals surface area contributed by atoms with E-state index < -0.39 is 5.82 Å². The normalized spacial score (nSPS) is 13.9. The number of para-hydroxylation sites is 1. The number of hydrogen-bond donors (Lipinski definition) is 1. The largest absolute Gasteiger partial charge is 0.494 e. The Hall–Kier alpha value is -5.36. The van der Waals surface area contributed by atoms with Crippen LogP contribution in [-0.2, 0) is 16.1 Å². The summed E-state index contributed by atoms with van der Waals surface area (Å²) in [7, 11) is 2.88. The monoisotopic (exact) mass is 656 g/mol. The van der Waals surface area contributed by atoms with Crippen molar-refractivity contribution in [2.24, 2.45) is 4.99 Å². The second-order valence-corrected chi connectivity index (χ2v) is 11.2. The van der Waals surface area contributed by atoms with Gasteiger partial charge in [0, 0.05) is 59.7 Å². The maximum Gasteiger partial charge on any atom is 0.257 e. The Bertz CT molecular complexity index is 1910. The van der Waals surface area contributed by atoms with Gasteiger partial charge in [0.15, 0.2) is 17.3 Å². The maximum absolute atomic E-state index is 15.4. The Morgan fingerprint density at radius 3 is 2.49 bits per heavy atom. The van der Waals surface area contributed by atoms with Crippen molar-refractivity contribution in [3.05, 3.63) is 93.9 Å². The number of amides is 2. The predicted molar refractivity (Wildman–Crippen MR) is 174 cm³/mol. The minimum absolute atomic E-state index is 0.100. The topological polar surface area (TPSA) is 126 Å². The number of benzene rings is 3. The summed E-state index contributed by atoms with van der Waals surface area (Å²) in [5, 5.41) is 3.65. The third kappa shape index (κ3) is 6.24. The molecule has 0 bridgehead atoms. The molecule has 0 unspecified atom stereocenters. The molecule has 47 heavy (non-hydrogen) atoms. The van der Waals surface area contributed by atoms with E-state index in [4.69, 9.17) is 31.1 Å². The lowest BCUT2D eigenvalue weighted by Crippen LogP contribution is -2.50. The molecule has 3 heterocycles. The lowest BCUT2D eigenvalue weighted by Gasteiger charge is -2.34. The smallest absolute Gasteiger partial charge is 0.257 e. The van der Waals surface area contributed by atoms with Crippen molar-refractivity contribution in [2.45, 2.75) is 13.0 Å². The lowest BCUT2D eigenvalue weighted by atomic mass is 9.95. The summed E-state index contributed by atoms with van der Waals surface area (Å²) in [6.07, 6.45) is 2.07. The number of fused-ring (bicyclic) bond motifs is 3. The zero-order chi connectivity index (χ0) is 33.1. The number of methoxy groups -OCH3 is 2. The van der Waals surface area contributed by atoms with Gasteiger partial charge in [0.1, 0.15) is 6.29 Å². The number of carbonyl (C=O) groups excluding carboxylic acids is 3. The molecule has 1 N–H and O–H groups in total. The lowest BCUT2D eigenvalue weighted by molar-refractivity contribution is -0.134. The molecular formula is C34H30ClFN6O5. The van der Waals surface area contributed by atoms with Gasteiger partial charge >= 0.3 is 0 Å². The number of nitrogens with zero attached hydrogens (tertiary/aromatic N) is 5. The van der Waals surface area contributed by atoms with E-state index in [0.29, 0.717) is 77.0 Å². The molecule has 0 aliphatic carbocycles. The second kappa shape index (κ2) is 13.6. The molecule has 0 atom stereocenters. The molecule has 0 radical (unpaired) electrons. The fourth-order valence-corrected chi connectivity index (χ4v) is 5.91. The minimum atomic E-state index is -0.533. The predicted octanol–water partition coefficient (Wildman–Crippen LogP) is 4.92. The molecule has 13 heteroatoms. The number of aldehydes is 1. The van der Waals surface area contributed by atoms with Crippen LogP contribution >= 0.6 is 11.6 Å². The molecule has 2 aliphatic heterocycles. The van der Waals surface area contributed by atoms with Crippen molar-refractivity contribution < 1.29 is 28.2 Å². The van der Waals surface area contributed by atoms with Crippen LogP contribution in [0.4, 0.5) is 16.0 Å². The number of ether oxygens (including phenoxy) is 2. The van der Waals surface area contributed by atoms with Gasteiger partial charge < -0.3 is 29.4 Å². The third-order valence-corrected chi connectivity index (χ3v) is 8.31. The first-order valence-corrected chi connectivity index (χ1v) is 15.2. The molecule has 3 aromatic carbocycles. The van der Waals surface area contributed by atoms with E-state index in [0.717, 1.165) is 5.56 Å². The Labute approximate surface area is 275 Å².